The Balaban J connectivity index is 1.61. The van der Waals surface area contributed by atoms with Gasteiger partial charge >= 0.3 is 5.97 Å². The fourth-order valence-corrected chi connectivity index (χ4v) is 6.52. The Kier molecular flexibility index (Phi) is 9.80. The van der Waals surface area contributed by atoms with Gasteiger partial charge in [0.2, 0.25) is 0 Å². The SMILES string of the molecule is C=C(C)C(=O)OCCC1CCC(C2CCC(CCP(=O)=S=S)CC2)CC1. The number of carbonyl (C=O) groups is 1. The van der Waals surface area contributed by atoms with Crippen molar-refractivity contribution >= 4 is 33.2 Å². The Morgan fingerprint density at radius 3 is 2.00 bits per heavy atom. The highest BCUT2D eigenvalue weighted by Crippen LogP contribution is 2.42. The molecule has 0 aromatic heterocycles. The van der Waals surface area contributed by atoms with Gasteiger partial charge in [-0.2, -0.15) is 0 Å². The number of carbonyl (C=O) groups excluding carboxylic acids is 1. The van der Waals surface area contributed by atoms with Crippen molar-refractivity contribution < 1.29 is 14.1 Å². The lowest BCUT2D eigenvalue weighted by Crippen LogP contribution is -2.26. The molecule has 0 aromatic carbocycles. The first-order valence-electron chi connectivity index (χ1n) is 10.1. The Hall–Kier alpha value is -0.250. The van der Waals surface area contributed by atoms with Crippen molar-refractivity contribution in [2.45, 2.75) is 71.1 Å². The van der Waals surface area contributed by atoms with E-state index in [2.05, 4.69) is 6.58 Å². The molecule has 0 radical (unpaired) electrons. The van der Waals surface area contributed by atoms with E-state index in [-0.39, 0.29) is 5.97 Å². The van der Waals surface area contributed by atoms with Gasteiger partial charge in [-0.05, 0) is 89.8 Å². The minimum absolute atomic E-state index is 0.258. The van der Waals surface area contributed by atoms with Gasteiger partial charge in [0.05, 0.1) is 6.61 Å². The first-order valence-corrected chi connectivity index (χ1v) is 13.9. The van der Waals surface area contributed by atoms with Crippen LogP contribution in [0.15, 0.2) is 12.2 Å². The average molecular weight is 417 g/mol. The number of esters is 1. The topological polar surface area (TPSA) is 43.4 Å². The fraction of sp³-hybridized carbons (Fsp3) is 0.850. The van der Waals surface area contributed by atoms with Crippen LogP contribution in [-0.2, 0) is 34.8 Å². The van der Waals surface area contributed by atoms with E-state index < -0.39 is 6.58 Å². The third kappa shape index (κ3) is 7.40. The molecule has 0 saturated heterocycles. The van der Waals surface area contributed by atoms with E-state index in [4.69, 9.17) is 15.9 Å². The lowest BCUT2D eigenvalue weighted by molar-refractivity contribution is -0.139. The summed E-state index contributed by atoms with van der Waals surface area (Å²) >= 11 is 4.81. The predicted molar refractivity (Wildman–Crippen MR) is 113 cm³/mol. The molecule has 1 unspecified atom stereocenters. The molecule has 0 amide bonds. The van der Waals surface area contributed by atoms with Crippen LogP contribution >= 0.6 is 6.58 Å². The number of ether oxygens (including phenoxy) is 1. The van der Waals surface area contributed by atoms with Gasteiger partial charge in [0.15, 0.2) is 6.58 Å². The third-order valence-corrected chi connectivity index (χ3v) is 9.69. The van der Waals surface area contributed by atoms with Gasteiger partial charge in [-0.15, -0.1) is 0 Å². The maximum Gasteiger partial charge on any atom is 0.333 e. The maximum atomic E-state index is 11.5. The van der Waals surface area contributed by atoms with Crippen LogP contribution in [0.5, 0.6) is 0 Å². The van der Waals surface area contributed by atoms with Crippen molar-refractivity contribution in [2.24, 2.45) is 23.7 Å². The summed E-state index contributed by atoms with van der Waals surface area (Å²) in [6, 6.07) is 0. The molecule has 0 heterocycles. The molecule has 1 atom stereocenters. The summed E-state index contributed by atoms with van der Waals surface area (Å²) in [6.07, 6.45) is 13.5. The second-order valence-electron chi connectivity index (χ2n) is 8.19. The van der Waals surface area contributed by atoms with Crippen molar-refractivity contribution in [3.05, 3.63) is 12.2 Å². The van der Waals surface area contributed by atoms with Gasteiger partial charge in [0.1, 0.15) is 0 Å². The Bertz CT molecular complexity index is 578. The second-order valence-corrected chi connectivity index (χ2v) is 12.5. The minimum Gasteiger partial charge on any atom is -0.462 e. The second kappa shape index (κ2) is 11.6. The Morgan fingerprint density at radius 1 is 1.04 bits per heavy atom. The van der Waals surface area contributed by atoms with Crippen LogP contribution in [0.2, 0.25) is 0 Å². The van der Waals surface area contributed by atoms with Crippen LogP contribution in [0.25, 0.3) is 0 Å². The van der Waals surface area contributed by atoms with E-state index in [1.54, 1.807) is 6.92 Å². The van der Waals surface area contributed by atoms with Crippen molar-refractivity contribution in [3.8, 4) is 0 Å². The molecule has 2 aliphatic carbocycles. The van der Waals surface area contributed by atoms with E-state index in [9.17, 15) is 9.36 Å². The molecule has 26 heavy (non-hydrogen) atoms. The monoisotopic (exact) mass is 416 g/mol. The molecule has 6 heteroatoms. The molecule has 0 aliphatic heterocycles. The fourth-order valence-electron chi connectivity index (χ4n) is 4.66. The van der Waals surface area contributed by atoms with Crippen LogP contribution in [0.4, 0.5) is 0 Å². The number of rotatable bonds is 8. The quantitative estimate of drug-likeness (QED) is 0.285. The van der Waals surface area contributed by atoms with E-state index in [0.29, 0.717) is 18.1 Å². The molecule has 2 fully saturated rings. The largest absolute Gasteiger partial charge is 0.462 e. The predicted octanol–water partition coefficient (Wildman–Crippen LogP) is 5.79. The smallest absolute Gasteiger partial charge is 0.333 e. The van der Waals surface area contributed by atoms with Crippen LogP contribution < -0.4 is 0 Å². The maximum absolute atomic E-state index is 11.5. The molecular formula is C20H33O3PS2. The van der Waals surface area contributed by atoms with Gasteiger partial charge in [0, 0.05) is 11.7 Å². The molecule has 0 bridgehead atoms. The summed E-state index contributed by atoms with van der Waals surface area (Å²) in [7, 11) is 1.11. The highest BCUT2D eigenvalue weighted by atomic mass is 32.9. The Morgan fingerprint density at radius 2 is 1.54 bits per heavy atom. The van der Waals surface area contributed by atoms with E-state index in [1.807, 2.05) is 0 Å². The molecule has 2 saturated carbocycles. The lowest BCUT2D eigenvalue weighted by Gasteiger charge is -2.37. The normalized spacial score (nSPS) is 29.7. The summed E-state index contributed by atoms with van der Waals surface area (Å²) in [5.74, 6) is 3.02. The summed E-state index contributed by atoms with van der Waals surface area (Å²) in [5.41, 5.74) is 0.485. The zero-order chi connectivity index (χ0) is 18.9. The van der Waals surface area contributed by atoms with E-state index >= 15 is 0 Å². The van der Waals surface area contributed by atoms with Gasteiger partial charge in [0.25, 0.3) is 0 Å². The summed E-state index contributed by atoms with van der Waals surface area (Å²) < 4.78 is 16.8. The van der Waals surface area contributed by atoms with Crippen LogP contribution in [-0.4, -0.2) is 18.7 Å². The van der Waals surface area contributed by atoms with Gasteiger partial charge in [-0.1, -0.05) is 32.3 Å². The standard InChI is InChI=1S/C20H33O3PS2/c1-15(2)20(21)23-13-11-16-3-7-18(8-4-16)19-9-5-17(6-10-19)12-14-24(22)26-25/h16-19H,1,3-14H2,2H3. The highest BCUT2D eigenvalue weighted by Gasteiger charge is 2.30. The van der Waals surface area contributed by atoms with Crippen LogP contribution in [0, 0.1) is 23.7 Å². The van der Waals surface area contributed by atoms with Crippen molar-refractivity contribution in [2.75, 3.05) is 12.8 Å². The number of hydrogen-bond donors (Lipinski definition) is 0. The summed E-state index contributed by atoms with van der Waals surface area (Å²) in [6.45, 7) is 4.65. The zero-order valence-electron chi connectivity index (χ0n) is 16.0. The molecular weight excluding hydrogens is 383 g/mol. The van der Waals surface area contributed by atoms with E-state index in [0.717, 1.165) is 46.3 Å². The van der Waals surface area contributed by atoms with Gasteiger partial charge in [-0.3, -0.25) is 4.57 Å². The van der Waals surface area contributed by atoms with Crippen molar-refractivity contribution in [1.82, 2.24) is 0 Å². The molecule has 148 valence electrons. The molecule has 2 rings (SSSR count). The minimum atomic E-state index is -1.20. The number of hydrogen-bond acceptors (Lipinski definition) is 4. The summed E-state index contributed by atoms with van der Waals surface area (Å²) in [5, 5.41) is 0. The van der Waals surface area contributed by atoms with Gasteiger partial charge in [-0.25, -0.2) is 4.79 Å². The molecule has 0 aromatic rings. The molecule has 0 spiro atoms. The molecule has 0 N–H and O–H groups in total. The van der Waals surface area contributed by atoms with E-state index in [1.165, 1.54) is 51.4 Å². The summed E-state index contributed by atoms with van der Waals surface area (Å²) in [4.78, 5) is 11.4. The third-order valence-electron chi connectivity index (χ3n) is 6.36. The van der Waals surface area contributed by atoms with Crippen LogP contribution in [0.3, 0.4) is 0 Å². The van der Waals surface area contributed by atoms with Gasteiger partial charge < -0.3 is 4.74 Å². The Labute approximate surface area is 167 Å². The zero-order valence-corrected chi connectivity index (χ0v) is 18.5. The first-order chi connectivity index (χ1) is 12.5. The lowest BCUT2D eigenvalue weighted by atomic mass is 9.68. The first kappa shape index (κ1) is 22.0. The molecule has 3 nitrogen and oxygen atoms in total. The highest BCUT2D eigenvalue weighted by molar-refractivity contribution is 8.32. The molecule has 2 aliphatic rings. The van der Waals surface area contributed by atoms with Crippen molar-refractivity contribution in [1.29, 1.82) is 0 Å². The average Bonchev–Trinajstić information content (AvgIpc) is 2.67. The van der Waals surface area contributed by atoms with Crippen LogP contribution in [0.1, 0.15) is 71.1 Å². The van der Waals surface area contributed by atoms with Crippen molar-refractivity contribution in [3.63, 3.8) is 0 Å².